The SMILES string of the molecule is CC.COc1ccc(NC(=O)CCl)cc1OCC1CCN(C)CC1.O. The summed E-state index contributed by atoms with van der Waals surface area (Å²) >= 11 is 5.50. The Hall–Kier alpha value is -1.50. The molecule has 0 atom stereocenters. The number of hydrogen-bond donors (Lipinski definition) is 1. The van der Waals surface area contributed by atoms with Crippen molar-refractivity contribution < 1.29 is 19.7 Å². The zero-order valence-corrected chi connectivity index (χ0v) is 16.4. The standard InChI is InChI=1S/C16H23ClN2O3.C2H6.H2O/c1-19-7-5-12(6-8-19)11-22-15-9-13(18-16(20)10-17)3-4-14(15)21-2;1-2;/h3-4,9,12H,5-8,10-11H2,1-2H3,(H,18,20);1-2H3;1H2. The number of likely N-dealkylation sites (tertiary alicyclic amines) is 1. The molecule has 1 saturated heterocycles. The Labute approximate surface area is 155 Å². The fourth-order valence-corrected chi connectivity index (χ4v) is 2.56. The van der Waals surface area contributed by atoms with Gasteiger partial charge >= 0.3 is 0 Å². The molecule has 1 aromatic carbocycles. The maximum atomic E-state index is 11.4. The van der Waals surface area contributed by atoms with Gasteiger partial charge in [-0.05, 0) is 51.0 Å². The van der Waals surface area contributed by atoms with E-state index in [1.165, 1.54) is 0 Å². The topological polar surface area (TPSA) is 82.3 Å². The summed E-state index contributed by atoms with van der Waals surface area (Å²) in [5.41, 5.74) is 0.657. The van der Waals surface area contributed by atoms with Gasteiger partial charge in [0.05, 0.1) is 13.7 Å². The van der Waals surface area contributed by atoms with Gasteiger partial charge in [0.2, 0.25) is 5.91 Å². The molecule has 1 aliphatic rings. The number of nitrogens with one attached hydrogen (secondary N) is 1. The Kier molecular flexibility index (Phi) is 12.0. The van der Waals surface area contributed by atoms with Crippen LogP contribution >= 0.6 is 11.6 Å². The summed E-state index contributed by atoms with van der Waals surface area (Å²) < 4.78 is 11.2. The molecule has 0 radical (unpaired) electrons. The molecule has 1 aliphatic heterocycles. The molecular formula is C18H31ClN2O4. The van der Waals surface area contributed by atoms with E-state index in [0.29, 0.717) is 29.7 Å². The maximum absolute atomic E-state index is 11.4. The number of anilines is 1. The number of benzene rings is 1. The van der Waals surface area contributed by atoms with Gasteiger partial charge in [0, 0.05) is 11.8 Å². The van der Waals surface area contributed by atoms with Crippen LogP contribution in [0.25, 0.3) is 0 Å². The van der Waals surface area contributed by atoms with Crippen LogP contribution in [0.3, 0.4) is 0 Å². The lowest BCUT2D eigenvalue weighted by Gasteiger charge is -2.28. The highest BCUT2D eigenvalue weighted by atomic mass is 35.5. The average molecular weight is 375 g/mol. The zero-order valence-electron chi connectivity index (χ0n) is 15.6. The van der Waals surface area contributed by atoms with Gasteiger partial charge in [-0.2, -0.15) is 0 Å². The van der Waals surface area contributed by atoms with Crippen molar-refractivity contribution in [2.45, 2.75) is 26.7 Å². The lowest BCUT2D eigenvalue weighted by molar-refractivity contribution is -0.113. The van der Waals surface area contributed by atoms with Crippen LogP contribution in [0, 0.1) is 5.92 Å². The van der Waals surface area contributed by atoms with Crippen LogP contribution in [0.15, 0.2) is 18.2 Å². The molecule has 2 rings (SSSR count). The third-order valence-corrected chi connectivity index (χ3v) is 4.12. The number of alkyl halides is 1. The molecule has 1 fully saturated rings. The second-order valence-corrected chi connectivity index (χ2v) is 5.87. The first-order valence-electron chi connectivity index (χ1n) is 8.47. The molecule has 144 valence electrons. The van der Waals surface area contributed by atoms with Gasteiger partial charge < -0.3 is 25.2 Å². The number of rotatable bonds is 6. The monoisotopic (exact) mass is 374 g/mol. The van der Waals surface area contributed by atoms with Gasteiger partial charge in [0.1, 0.15) is 5.88 Å². The zero-order chi connectivity index (χ0) is 17.9. The van der Waals surface area contributed by atoms with E-state index >= 15 is 0 Å². The number of hydrogen-bond acceptors (Lipinski definition) is 4. The number of methoxy groups -OCH3 is 1. The Morgan fingerprint density at radius 2 is 1.92 bits per heavy atom. The second-order valence-electron chi connectivity index (χ2n) is 5.61. The summed E-state index contributed by atoms with van der Waals surface area (Å²) in [4.78, 5) is 13.7. The lowest BCUT2D eigenvalue weighted by Crippen LogP contribution is -2.32. The summed E-state index contributed by atoms with van der Waals surface area (Å²) in [6.07, 6.45) is 2.28. The minimum atomic E-state index is -0.242. The Morgan fingerprint density at radius 3 is 2.48 bits per heavy atom. The summed E-state index contributed by atoms with van der Waals surface area (Å²) in [5.74, 6) is 1.55. The largest absolute Gasteiger partial charge is 0.493 e. The van der Waals surface area contributed by atoms with Crippen LogP contribution in [0.4, 0.5) is 5.69 Å². The highest BCUT2D eigenvalue weighted by Crippen LogP contribution is 2.31. The number of ether oxygens (including phenoxy) is 2. The van der Waals surface area contributed by atoms with Crippen molar-refractivity contribution >= 4 is 23.2 Å². The van der Waals surface area contributed by atoms with Crippen molar-refractivity contribution in [3.8, 4) is 11.5 Å². The van der Waals surface area contributed by atoms with Crippen molar-refractivity contribution in [1.29, 1.82) is 0 Å². The summed E-state index contributed by atoms with van der Waals surface area (Å²) in [6.45, 7) is 6.88. The molecule has 1 aromatic rings. The molecule has 0 unspecified atom stereocenters. The van der Waals surface area contributed by atoms with Crippen molar-refractivity contribution in [2.24, 2.45) is 5.92 Å². The number of carbonyl (C=O) groups excluding carboxylic acids is 1. The Bertz CT molecular complexity index is 506. The normalized spacial score (nSPS) is 14.6. The van der Waals surface area contributed by atoms with Crippen molar-refractivity contribution in [1.82, 2.24) is 4.90 Å². The van der Waals surface area contributed by atoms with Crippen LogP contribution in [-0.2, 0) is 4.79 Å². The van der Waals surface area contributed by atoms with Crippen molar-refractivity contribution in [2.75, 3.05) is 45.1 Å². The number of halogens is 1. The first-order valence-corrected chi connectivity index (χ1v) is 9.01. The molecule has 1 heterocycles. The molecule has 3 N–H and O–H groups in total. The molecule has 0 saturated carbocycles. The van der Waals surface area contributed by atoms with Gasteiger partial charge in [-0.3, -0.25) is 4.79 Å². The molecule has 0 aromatic heterocycles. The quantitative estimate of drug-likeness (QED) is 0.776. The van der Waals surface area contributed by atoms with E-state index in [1.807, 2.05) is 13.8 Å². The Balaban J connectivity index is 0.00000185. The van der Waals surface area contributed by atoms with E-state index in [1.54, 1.807) is 25.3 Å². The number of amides is 1. The minimum Gasteiger partial charge on any atom is -0.493 e. The highest BCUT2D eigenvalue weighted by molar-refractivity contribution is 6.29. The van der Waals surface area contributed by atoms with E-state index in [9.17, 15) is 4.79 Å². The van der Waals surface area contributed by atoms with E-state index in [2.05, 4.69) is 17.3 Å². The first-order chi connectivity index (χ1) is 11.6. The fraction of sp³-hybridized carbons (Fsp3) is 0.611. The van der Waals surface area contributed by atoms with Gasteiger partial charge in [-0.15, -0.1) is 11.6 Å². The smallest absolute Gasteiger partial charge is 0.239 e. The van der Waals surface area contributed by atoms with Gasteiger partial charge in [-0.1, -0.05) is 13.8 Å². The number of nitrogens with zero attached hydrogens (tertiary/aromatic N) is 1. The molecule has 1 amide bonds. The highest BCUT2D eigenvalue weighted by Gasteiger charge is 2.18. The second kappa shape index (κ2) is 12.8. The summed E-state index contributed by atoms with van der Waals surface area (Å²) in [6, 6.07) is 5.33. The summed E-state index contributed by atoms with van der Waals surface area (Å²) in [5, 5.41) is 2.71. The van der Waals surface area contributed by atoms with E-state index < -0.39 is 0 Å². The molecule has 0 aliphatic carbocycles. The third-order valence-electron chi connectivity index (χ3n) is 3.88. The van der Waals surface area contributed by atoms with Crippen LogP contribution in [0.5, 0.6) is 11.5 Å². The van der Waals surface area contributed by atoms with Gasteiger partial charge in [0.25, 0.3) is 0 Å². The van der Waals surface area contributed by atoms with Gasteiger partial charge in [-0.25, -0.2) is 0 Å². The van der Waals surface area contributed by atoms with E-state index in [0.717, 1.165) is 25.9 Å². The van der Waals surface area contributed by atoms with Crippen LogP contribution < -0.4 is 14.8 Å². The first kappa shape index (κ1) is 23.5. The predicted molar refractivity (Wildman–Crippen MR) is 103 cm³/mol. The Morgan fingerprint density at radius 1 is 1.28 bits per heavy atom. The van der Waals surface area contributed by atoms with Crippen molar-refractivity contribution in [3.05, 3.63) is 18.2 Å². The van der Waals surface area contributed by atoms with Crippen LogP contribution in [0.1, 0.15) is 26.7 Å². The number of piperidine rings is 1. The fourth-order valence-electron chi connectivity index (χ4n) is 2.50. The molecule has 25 heavy (non-hydrogen) atoms. The minimum absolute atomic E-state index is 0. The van der Waals surface area contributed by atoms with Crippen LogP contribution in [0.2, 0.25) is 0 Å². The molecule has 6 nitrogen and oxygen atoms in total. The van der Waals surface area contributed by atoms with Crippen molar-refractivity contribution in [3.63, 3.8) is 0 Å². The maximum Gasteiger partial charge on any atom is 0.239 e. The van der Waals surface area contributed by atoms with E-state index in [4.69, 9.17) is 21.1 Å². The van der Waals surface area contributed by atoms with Crippen LogP contribution in [-0.4, -0.2) is 56.0 Å². The van der Waals surface area contributed by atoms with E-state index in [-0.39, 0.29) is 17.3 Å². The molecule has 7 heteroatoms. The molecule has 0 spiro atoms. The van der Waals surface area contributed by atoms with Gasteiger partial charge in [0.15, 0.2) is 11.5 Å². The predicted octanol–water partition coefficient (Wildman–Crippen LogP) is 2.79. The third kappa shape index (κ3) is 7.94. The molecule has 0 bridgehead atoms. The average Bonchev–Trinajstić information content (AvgIpc) is 2.63. The number of carbonyl (C=O) groups is 1. The summed E-state index contributed by atoms with van der Waals surface area (Å²) in [7, 11) is 3.75. The molecular weight excluding hydrogens is 344 g/mol. The lowest BCUT2D eigenvalue weighted by atomic mass is 9.98.